The summed E-state index contributed by atoms with van der Waals surface area (Å²) in [6.45, 7) is 16.0. The number of carbonyl (C=O) groups is 3. The van der Waals surface area contributed by atoms with E-state index in [1.807, 2.05) is 5.32 Å². The van der Waals surface area contributed by atoms with Gasteiger partial charge < -0.3 is 29.8 Å². The number of rotatable bonds is 12. The number of benzene rings is 1. The first kappa shape index (κ1) is 35.3. The SMILES string of the molecule is C=CC[C@H](NC(=O)OC(C)(C)C)c1nc(-c2ccc(N(C)C(=O)O)cc2NC(=O)C(F)(F)F)cn1COCC[Si](C)(C)C. The van der Waals surface area contributed by atoms with Gasteiger partial charge in [0, 0.05) is 39.2 Å². The number of nitrogens with one attached hydrogen (secondary N) is 2. The van der Waals surface area contributed by atoms with Crippen LogP contribution in [0.4, 0.5) is 34.1 Å². The van der Waals surface area contributed by atoms with Crippen molar-refractivity contribution in [2.24, 2.45) is 0 Å². The lowest BCUT2D eigenvalue weighted by molar-refractivity contribution is -0.167. The molecular weight excluding hydrogens is 587 g/mol. The van der Waals surface area contributed by atoms with Crippen molar-refractivity contribution in [3.8, 4) is 11.3 Å². The molecule has 3 amide bonds. The lowest BCUT2D eigenvalue weighted by Crippen LogP contribution is -2.36. The smallest absolute Gasteiger partial charge is 0.465 e. The van der Waals surface area contributed by atoms with E-state index in [1.54, 1.807) is 31.4 Å². The number of hydrogen-bond donors (Lipinski definition) is 3. The quantitative estimate of drug-likeness (QED) is 0.137. The van der Waals surface area contributed by atoms with Crippen molar-refractivity contribution in [1.82, 2.24) is 14.9 Å². The lowest BCUT2D eigenvalue weighted by atomic mass is 10.1. The third kappa shape index (κ3) is 11.1. The fourth-order valence-corrected chi connectivity index (χ4v) is 4.46. The number of alkyl carbamates (subject to hydrolysis) is 1. The van der Waals surface area contributed by atoms with Crippen LogP contribution in [0.5, 0.6) is 0 Å². The second-order valence-electron chi connectivity index (χ2n) is 12.0. The summed E-state index contributed by atoms with van der Waals surface area (Å²) in [5, 5.41) is 13.9. The first-order valence-corrected chi connectivity index (χ1v) is 17.2. The minimum Gasteiger partial charge on any atom is -0.465 e. The fraction of sp³-hybridized carbons (Fsp3) is 0.500. The first-order valence-electron chi connectivity index (χ1n) is 13.5. The highest BCUT2D eigenvalue weighted by molar-refractivity contribution is 6.76. The van der Waals surface area contributed by atoms with Crippen molar-refractivity contribution in [1.29, 1.82) is 0 Å². The number of hydrogen-bond acceptors (Lipinski definition) is 6. The second kappa shape index (κ2) is 14.1. The maximum absolute atomic E-state index is 13.2. The van der Waals surface area contributed by atoms with Crippen LogP contribution in [0, 0.1) is 0 Å². The van der Waals surface area contributed by atoms with E-state index in [0.29, 0.717) is 12.4 Å². The summed E-state index contributed by atoms with van der Waals surface area (Å²) in [4.78, 5) is 41.5. The van der Waals surface area contributed by atoms with Gasteiger partial charge in [0.15, 0.2) is 0 Å². The molecule has 1 aromatic carbocycles. The van der Waals surface area contributed by atoms with Crippen molar-refractivity contribution in [2.45, 2.75) is 77.4 Å². The monoisotopic (exact) mass is 627 g/mol. The number of aromatic nitrogens is 2. The zero-order chi connectivity index (χ0) is 32.8. The topological polar surface area (TPSA) is 135 Å². The molecule has 0 unspecified atom stereocenters. The van der Waals surface area contributed by atoms with Gasteiger partial charge in [0.05, 0.1) is 17.4 Å². The van der Waals surface area contributed by atoms with Crippen LogP contribution in [0.3, 0.4) is 0 Å². The van der Waals surface area contributed by atoms with E-state index < -0.39 is 44.0 Å². The highest BCUT2D eigenvalue weighted by Crippen LogP contribution is 2.34. The molecule has 0 saturated heterocycles. The van der Waals surface area contributed by atoms with Crippen LogP contribution in [0.2, 0.25) is 25.7 Å². The predicted octanol–water partition coefficient (Wildman–Crippen LogP) is 6.62. The molecule has 0 radical (unpaired) electrons. The van der Waals surface area contributed by atoms with Gasteiger partial charge in [-0.15, -0.1) is 6.58 Å². The molecule has 238 valence electrons. The Morgan fingerprint density at radius 1 is 1.21 bits per heavy atom. The summed E-state index contributed by atoms with van der Waals surface area (Å²) >= 11 is 0. The molecule has 2 rings (SSSR count). The maximum Gasteiger partial charge on any atom is 0.471 e. The number of imidazole rings is 1. The molecule has 43 heavy (non-hydrogen) atoms. The third-order valence-electron chi connectivity index (χ3n) is 5.90. The van der Waals surface area contributed by atoms with E-state index in [9.17, 15) is 32.7 Å². The van der Waals surface area contributed by atoms with Gasteiger partial charge >= 0.3 is 24.3 Å². The van der Waals surface area contributed by atoms with Gasteiger partial charge in [-0.05, 0) is 51.4 Å². The van der Waals surface area contributed by atoms with E-state index in [1.165, 1.54) is 25.4 Å². The number of halogens is 3. The van der Waals surface area contributed by atoms with Gasteiger partial charge in [-0.2, -0.15) is 13.2 Å². The summed E-state index contributed by atoms with van der Waals surface area (Å²) in [5.74, 6) is -1.94. The van der Waals surface area contributed by atoms with Crippen LogP contribution < -0.4 is 15.5 Å². The summed E-state index contributed by atoms with van der Waals surface area (Å²) in [7, 11) is -0.204. The number of alkyl halides is 3. The Balaban J connectivity index is 2.64. The molecular formula is C28H40F3N5O6Si. The zero-order valence-electron chi connectivity index (χ0n) is 25.5. The molecule has 2 aromatic rings. The molecule has 3 N–H and O–H groups in total. The van der Waals surface area contributed by atoms with Gasteiger partial charge in [-0.1, -0.05) is 25.7 Å². The molecule has 1 heterocycles. The Hall–Kier alpha value is -3.85. The van der Waals surface area contributed by atoms with Gasteiger partial charge in [-0.25, -0.2) is 14.6 Å². The first-order chi connectivity index (χ1) is 19.7. The van der Waals surface area contributed by atoms with E-state index in [4.69, 9.17) is 9.47 Å². The number of amides is 3. The molecule has 1 atom stereocenters. The average molecular weight is 628 g/mol. The standard InChI is InChI=1S/C28H40F3N5O6Si/c1-9-10-20(34-25(38)42-27(2,3)4)23-32-22(16-36(23)17-41-13-14-43(6,7)8)19-12-11-18(35(5)26(39)40)15-21(19)33-24(37)28(29,30)31/h9,11-12,15-16,20H,1,10,13-14,17H2,2-8H3,(H,33,37)(H,34,38)(H,39,40)/t20-/m0/s1. The van der Waals surface area contributed by atoms with Crippen LogP contribution in [0.1, 0.15) is 39.1 Å². The summed E-state index contributed by atoms with van der Waals surface area (Å²) in [6.07, 6.45) is -3.95. The molecule has 1 aromatic heterocycles. The summed E-state index contributed by atoms with van der Waals surface area (Å²) in [6, 6.07) is 3.95. The van der Waals surface area contributed by atoms with Crippen LogP contribution in [0.15, 0.2) is 37.1 Å². The largest absolute Gasteiger partial charge is 0.471 e. The Kier molecular flexibility index (Phi) is 11.6. The highest BCUT2D eigenvalue weighted by atomic mass is 28.3. The number of ether oxygens (including phenoxy) is 2. The average Bonchev–Trinajstić information content (AvgIpc) is 3.27. The number of carbonyl (C=O) groups excluding carboxylic acids is 2. The molecule has 0 aliphatic carbocycles. The van der Waals surface area contributed by atoms with Crippen molar-refractivity contribution < 1.29 is 42.1 Å². The van der Waals surface area contributed by atoms with Crippen molar-refractivity contribution in [3.05, 3.63) is 42.9 Å². The summed E-state index contributed by atoms with van der Waals surface area (Å²) in [5.41, 5.74) is -0.856. The van der Waals surface area contributed by atoms with E-state index in [0.717, 1.165) is 17.0 Å². The van der Waals surface area contributed by atoms with Gasteiger partial charge in [0.1, 0.15) is 18.2 Å². The van der Waals surface area contributed by atoms with E-state index in [2.05, 4.69) is 36.5 Å². The third-order valence-corrected chi connectivity index (χ3v) is 7.60. The molecule has 0 aliphatic heterocycles. The Labute approximate surface area is 250 Å². The number of carboxylic acid groups (broad SMARTS) is 1. The number of anilines is 2. The molecule has 11 nitrogen and oxygen atoms in total. The Bertz CT molecular complexity index is 1320. The molecule has 0 aliphatic rings. The molecule has 0 fully saturated rings. The Morgan fingerprint density at radius 3 is 2.40 bits per heavy atom. The van der Waals surface area contributed by atoms with Crippen LogP contribution in [-0.4, -0.2) is 66.3 Å². The molecule has 15 heteroatoms. The van der Waals surface area contributed by atoms with Gasteiger partial charge in [-0.3, -0.25) is 9.69 Å². The minimum absolute atomic E-state index is 0.0131. The number of nitrogens with zero attached hydrogens (tertiary/aromatic N) is 3. The second-order valence-corrected chi connectivity index (χ2v) is 17.7. The minimum atomic E-state index is -5.20. The van der Waals surface area contributed by atoms with Crippen molar-refractivity contribution in [2.75, 3.05) is 23.9 Å². The normalized spacial score (nSPS) is 12.8. The van der Waals surface area contributed by atoms with E-state index in [-0.39, 0.29) is 35.8 Å². The molecule has 0 saturated carbocycles. The van der Waals surface area contributed by atoms with Crippen LogP contribution >= 0.6 is 0 Å². The summed E-state index contributed by atoms with van der Waals surface area (Å²) < 4.78 is 52.5. The zero-order valence-corrected chi connectivity index (χ0v) is 26.5. The molecule has 0 bridgehead atoms. The lowest BCUT2D eigenvalue weighted by Gasteiger charge is -2.23. The van der Waals surface area contributed by atoms with Gasteiger partial charge in [0.25, 0.3) is 0 Å². The Morgan fingerprint density at radius 2 is 1.86 bits per heavy atom. The van der Waals surface area contributed by atoms with E-state index >= 15 is 0 Å². The van der Waals surface area contributed by atoms with Crippen molar-refractivity contribution >= 4 is 37.5 Å². The molecule has 0 spiro atoms. The maximum atomic E-state index is 13.2. The van der Waals surface area contributed by atoms with Gasteiger partial charge in [0.2, 0.25) is 0 Å². The predicted molar refractivity (Wildman–Crippen MR) is 160 cm³/mol. The van der Waals surface area contributed by atoms with Crippen LogP contribution in [0.25, 0.3) is 11.3 Å². The highest BCUT2D eigenvalue weighted by Gasteiger charge is 2.39. The van der Waals surface area contributed by atoms with Crippen LogP contribution in [-0.2, 0) is 21.0 Å². The van der Waals surface area contributed by atoms with Crippen molar-refractivity contribution in [3.63, 3.8) is 0 Å². The fourth-order valence-electron chi connectivity index (χ4n) is 3.70.